The zero-order chi connectivity index (χ0) is 24.1. The molecule has 1 saturated heterocycles. The van der Waals surface area contributed by atoms with E-state index in [0.29, 0.717) is 25.9 Å². The second-order valence-electron chi connectivity index (χ2n) is 8.73. The highest BCUT2D eigenvalue weighted by molar-refractivity contribution is 6.03. The summed E-state index contributed by atoms with van der Waals surface area (Å²) in [6.45, 7) is 0.919. The summed E-state index contributed by atoms with van der Waals surface area (Å²) in [5.74, 6) is -0.291. The Hall–Kier alpha value is -3.68. The number of nitrogens with two attached hydrogens (primary N) is 1. The number of carbonyl (C=O) groups is 3. The highest BCUT2D eigenvalue weighted by atomic mass is 16.5. The van der Waals surface area contributed by atoms with Crippen molar-refractivity contribution < 1.29 is 19.1 Å². The molecule has 2 atom stereocenters. The molecule has 2 N–H and O–H groups in total. The standard InChI is InChI=1S/C26H30N4O4/c1-34-21-11-9-19(10-12-21)23-16-22(18-6-3-2-4-7-18)28-30(23)25(32)14-13-24(31)29-15-5-8-20(17-29)26(27)33/h2-4,6-7,9-12,20,23H,5,8,13-17H2,1H3,(H2,27,33)/t20-,23+/m0/s1. The summed E-state index contributed by atoms with van der Waals surface area (Å²) in [5.41, 5.74) is 8.18. The molecule has 34 heavy (non-hydrogen) atoms. The van der Waals surface area contributed by atoms with Crippen molar-refractivity contribution in [2.75, 3.05) is 20.2 Å². The van der Waals surface area contributed by atoms with Crippen molar-refractivity contribution in [2.45, 2.75) is 38.1 Å². The summed E-state index contributed by atoms with van der Waals surface area (Å²) < 4.78 is 5.26. The number of amides is 3. The number of piperidine rings is 1. The van der Waals surface area contributed by atoms with E-state index in [1.54, 1.807) is 12.0 Å². The first-order valence-corrected chi connectivity index (χ1v) is 11.6. The van der Waals surface area contributed by atoms with E-state index in [9.17, 15) is 14.4 Å². The Balaban J connectivity index is 1.47. The molecule has 0 unspecified atom stereocenters. The third-order valence-corrected chi connectivity index (χ3v) is 6.50. The fraction of sp³-hybridized carbons (Fsp3) is 0.385. The molecule has 1 fully saturated rings. The van der Waals surface area contributed by atoms with Crippen molar-refractivity contribution in [3.05, 3.63) is 65.7 Å². The van der Waals surface area contributed by atoms with Gasteiger partial charge in [-0.3, -0.25) is 14.4 Å². The van der Waals surface area contributed by atoms with Gasteiger partial charge in [0.25, 0.3) is 0 Å². The Bertz CT molecular complexity index is 1070. The third kappa shape index (κ3) is 5.27. The van der Waals surface area contributed by atoms with Gasteiger partial charge in [0, 0.05) is 32.4 Å². The van der Waals surface area contributed by atoms with Crippen LogP contribution in [-0.4, -0.2) is 53.5 Å². The van der Waals surface area contributed by atoms with Gasteiger partial charge in [0.15, 0.2) is 0 Å². The maximum absolute atomic E-state index is 13.2. The quantitative estimate of drug-likeness (QED) is 0.683. The fourth-order valence-electron chi connectivity index (χ4n) is 4.55. The van der Waals surface area contributed by atoms with E-state index in [4.69, 9.17) is 10.5 Å². The van der Waals surface area contributed by atoms with E-state index in [0.717, 1.165) is 29.0 Å². The van der Waals surface area contributed by atoms with Gasteiger partial charge >= 0.3 is 0 Å². The van der Waals surface area contributed by atoms with Gasteiger partial charge < -0.3 is 15.4 Å². The molecule has 0 aromatic heterocycles. The average Bonchev–Trinajstić information content (AvgIpc) is 3.33. The number of benzene rings is 2. The van der Waals surface area contributed by atoms with Crippen molar-refractivity contribution in [3.63, 3.8) is 0 Å². The number of hydrogen-bond acceptors (Lipinski definition) is 5. The van der Waals surface area contributed by atoms with Gasteiger partial charge in [-0.05, 0) is 36.1 Å². The number of carbonyl (C=O) groups excluding carboxylic acids is 3. The molecule has 2 heterocycles. The Morgan fingerprint density at radius 2 is 1.74 bits per heavy atom. The molecule has 0 bridgehead atoms. The first-order valence-electron chi connectivity index (χ1n) is 11.6. The lowest BCUT2D eigenvalue weighted by Crippen LogP contribution is -2.44. The first-order chi connectivity index (χ1) is 16.5. The molecule has 2 aliphatic rings. The summed E-state index contributed by atoms with van der Waals surface area (Å²) in [5, 5.41) is 6.18. The smallest absolute Gasteiger partial charge is 0.243 e. The zero-order valence-corrected chi connectivity index (χ0v) is 19.4. The molecule has 0 saturated carbocycles. The van der Waals surface area contributed by atoms with Gasteiger partial charge in [0.2, 0.25) is 17.7 Å². The number of rotatable bonds is 7. The van der Waals surface area contributed by atoms with E-state index in [1.165, 1.54) is 5.01 Å². The van der Waals surface area contributed by atoms with Crippen LogP contribution >= 0.6 is 0 Å². The van der Waals surface area contributed by atoms with Crippen molar-refractivity contribution >= 4 is 23.4 Å². The van der Waals surface area contributed by atoms with Gasteiger partial charge in [0.1, 0.15) is 5.75 Å². The van der Waals surface area contributed by atoms with E-state index in [-0.39, 0.29) is 42.5 Å². The number of primary amides is 1. The van der Waals surface area contributed by atoms with E-state index < -0.39 is 0 Å². The minimum atomic E-state index is -0.379. The average molecular weight is 463 g/mol. The molecule has 8 nitrogen and oxygen atoms in total. The predicted molar refractivity (Wildman–Crippen MR) is 128 cm³/mol. The zero-order valence-electron chi connectivity index (χ0n) is 19.4. The number of nitrogens with zero attached hydrogens (tertiary/aromatic N) is 3. The Morgan fingerprint density at radius 1 is 1.03 bits per heavy atom. The summed E-state index contributed by atoms with van der Waals surface area (Å²) in [6, 6.07) is 17.2. The topological polar surface area (TPSA) is 105 Å². The molecule has 0 radical (unpaired) electrons. The SMILES string of the molecule is COc1ccc([C@H]2CC(c3ccccc3)=NN2C(=O)CCC(=O)N2CCC[C@H](C(N)=O)C2)cc1. The van der Waals surface area contributed by atoms with E-state index in [1.807, 2.05) is 54.6 Å². The number of hydrazone groups is 1. The minimum absolute atomic E-state index is 0.0504. The monoisotopic (exact) mass is 462 g/mol. The van der Waals surface area contributed by atoms with Crippen LogP contribution in [0.1, 0.15) is 49.3 Å². The van der Waals surface area contributed by atoms with Crippen LogP contribution in [0.2, 0.25) is 0 Å². The Kier molecular flexibility index (Phi) is 7.25. The van der Waals surface area contributed by atoms with Crippen molar-refractivity contribution in [2.24, 2.45) is 16.8 Å². The van der Waals surface area contributed by atoms with Crippen LogP contribution in [0.25, 0.3) is 0 Å². The largest absolute Gasteiger partial charge is 0.497 e. The highest BCUT2D eigenvalue weighted by Crippen LogP contribution is 2.34. The lowest BCUT2D eigenvalue weighted by atomic mass is 9.97. The molecule has 4 rings (SSSR count). The summed E-state index contributed by atoms with van der Waals surface area (Å²) in [6.07, 6.45) is 2.15. The molecule has 2 aromatic carbocycles. The number of ether oxygens (including phenoxy) is 1. The van der Waals surface area contributed by atoms with Crippen molar-refractivity contribution in [1.29, 1.82) is 0 Å². The lowest BCUT2D eigenvalue weighted by Gasteiger charge is -2.31. The first kappa shape index (κ1) is 23.5. The van der Waals surface area contributed by atoms with E-state index in [2.05, 4.69) is 5.10 Å². The summed E-state index contributed by atoms with van der Waals surface area (Å²) >= 11 is 0. The number of hydrogen-bond donors (Lipinski definition) is 1. The van der Waals surface area contributed by atoms with Crippen LogP contribution in [-0.2, 0) is 14.4 Å². The van der Waals surface area contributed by atoms with Gasteiger partial charge in [-0.25, -0.2) is 5.01 Å². The molecule has 3 amide bonds. The maximum Gasteiger partial charge on any atom is 0.243 e. The van der Waals surface area contributed by atoms with Gasteiger partial charge in [-0.1, -0.05) is 42.5 Å². The van der Waals surface area contributed by atoms with Crippen molar-refractivity contribution in [1.82, 2.24) is 9.91 Å². The predicted octanol–water partition coefficient (Wildman–Crippen LogP) is 2.88. The molecule has 178 valence electrons. The van der Waals surface area contributed by atoms with Crippen LogP contribution in [0.5, 0.6) is 5.75 Å². The summed E-state index contributed by atoms with van der Waals surface area (Å²) in [4.78, 5) is 39.2. The normalized spacial score (nSPS) is 20.1. The number of likely N-dealkylation sites (tertiary alicyclic amines) is 1. The van der Waals surface area contributed by atoms with Crippen LogP contribution in [0.4, 0.5) is 0 Å². The molecular weight excluding hydrogens is 432 g/mol. The minimum Gasteiger partial charge on any atom is -0.497 e. The molecule has 2 aromatic rings. The van der Waals surface area contributed by atoms with Crippen LogP contribution in [0, 0.1) is 5.92 Å². The van der Waals surface area contributed by atoms with Crippen LogP contribution < -0.4 is 10.5 Å². The Morgan fingerprint density at radius 3 is 2.41 bits per heavy atom. The van der Waals surface area contributed by atoms with Crippen LogP contribution in [0.15, 0.2) is 59.7 Å². The molecule has 2 aliphatic heterocycles. The fourth-order valence-corrected chi connectivity index (χ4v) is 4.55. The van der Waals surface area contributed by atoms with Crippen molar-refractivity contribution in [3.8, 4) is 5.75 Å². The second-order valence-corrected chi connectivity index (χ2v) is 8.73. The van der Waals surface area contributed by atoms with Gasteiger partial charge in [-0.15, -0.1) is 0 Å². The second kappa shape index (κ2) is 10.5. The highest BCUT2D eigenvalue weighted by Gasteiger charge is 2.34. The molecule has 8 heteroatoms. The molecule has 0 spiro atoms. The molecular formula is C26H30N4O4. The molecule has 0 aliphatic carbocycles. The lowest BCUT2D eigenvalue weighted by molar-refractivity contribution is -0.139. The maximum atomic E-state index is 13.2. The van der Waals surface area contributed by atoms with Crippen LogP contribution in [0.3, 0.4) is 0 Å². The summed E-state index contributed by atoms with van der Waals surface area (Å²) in [7, 11) is 1.61. The third-order valence-electron chi connectivity index (χ3n) is 6.50. The number of methoxy groups -OCH3 is 1. The Labute approximate surface area is 199 Å². The van der Waals surface area contributed by atoms with Gasteiger partial charge in [-0.2, -0.15) is 5.10 Å². The van der Waals surface area contributed by atoms with E-state index >= 15 is 0 Å². The van der Waals surface area contributed by atoms with Gasteiger partial charge in [0.05, 0.1) is 24.8 Å².